The Morgan fingerprint density at radius 2 is 1.82 bits per heavy atom. The van der Waals surface area contributed by atoms with Crippen molar-refractivity contribution in [3.8, 4) is 17.9 Å². The lowest BCUT2D eigenvalue weighted by Gasteiger charge is -1.96. The van der Waals surface area contributed by atoms with Crippen LogP contribution in [0.15, 0.2) is 24.3 Å². The summed E-state index contributed by atoms with van der Waals surface area (Å²) >= 11 is 0. The Hall–Kier alpha value is -2.59. The van der Waals surface area contributed by atoms with Crippen LogP contribution >= 0.6 is 0 Å². The first kappa shape index (κ1) is 12.5. The molecule has 2 N–H and O–H groups in total. The normalized spacial score (nSPS) is 8.65. The summed E-state index contributed by atoms with van der Waals surface area (Å²) in [5.41, 5.74) is 6.11. The number of carbonyl (C=O) groups is 2. The number of rotatable bonds is 3. The number of benzene rings is 1. The summed E-state index contributed by atoms with van der Waals surface area (Å²) < 4.78 is 0. The van der Waals surface area contributed by atoms with Gasteiger partial charge in [0.15, 0.2) is 5.78 Å². The molecule has 1 amide bonds. The van der Waals surface area contributed by atoms with Crippen LogP contribution in [0.4, 0.5) is 0 Å². The van der Waals surface area contributed by atoms with Crippen molar-refractivity contribution in [2.75, 3.05) is 0 Å². The van der Waals surface area contributed by atoms with Crippen LogP contribution in [-0.2, 0) is 4.79 Å². The molecule has 1 aromatic carbocycles. The van der Waals surface area contributed by atoms with Gasteiger partial charge >= 0.3 is 0 Å². The summed E-state index contributed by atoms with van der Waals surface area (Å²) in [5.74, 6) is 4.67. The molecule has 84 valence electrons. The molecule has 1 rings (SSSR count). The second-order valence-corrected chi connectivity index (χ2v) is 3.28. The van der Waals surface area contributed by atoms with Crippen molar-refractivity contribution in [3.05, 3.63) is 35.4 Å². The maximum atomic E-state index is 11.3. The molecule has 0 saturated carbocycles. The third kappa shape index (κ3) is 4.19. The van der Waals surface area contributed by atoms with E-state index >= 15 is 0 Å². The number of nitrogens with zero attached hydrogens (tertiary/aromatic N) is 1. The Balaban J connectivity index is 2.74. The van der Waals surface area contributed by atoms with Crippen LogP contribution in [0.25, 0.3) is 0 Å². The maximum Gasteiger partial charge on any atom is 0.229 e. The molecule has 0 aliphatic carbocycles. The third-order valence-corrected chi connectivity index (χ3v) is 1.94. The highest BCUT2D eigenvalue weighted by Crippen LogP contribution is 2.05. The van der Waals surface area contributed by atoms with Crippen LogP contribution in [0.5, 0.6) is 0 Å². The van der Waals surface area contributed by atoms with Crippen molar-refractivity contribution < 1.29 is 9.59 Å². The molecule has 0 bridgehead atoms. The molecule has 4 nitrogen and oxygen atoms in total. The summed E-state index contributed by atoms with van der Waals surface area (Å²) in [5, 5.41) is 8.38. The number of Topliss-reactive ketones (excluding diaryl/α,β-unsaturated/α-hetero) is 1. The molecule has 0 heterocycles. The molecule has 1 aromatic rings. The molecular weight excluding hydrogens is 216 g/mol. The van der Waals surface area contributed by atoms with Crippen molar-refractivity contribution in [3.63, 3.8) is 0 Å². The zero-order chi connectivity index (χ0) is 12.7. The quantitative estimate of drug-likeness (QED) is 0.616. The van der Waals surface area contributed by atoms with E-state index in [1.807, 2.05) is 0 Å². The number of primary amides is 1. The van der Waals surface area contributed by atoms with E-state index < -0.39 is 5.91 Å². The minimum atomic E-state index is -0.474. The van der Waals surface area contributed by atoms with Gasteiger partial charge in [0.2, 0.25) is 5.91 Å². The Bertz CT molecular complexity index is 527. The Morgan fingerprint density at radius 1 is 1.18 bits per heavy atom. The van der Waals surface area contributed by atoms with E-state index in [-0.39, 0.29) is 18.6 Å². The average Bonchev–Trinajstić information content (AvgIpc) is 2.30. The Labute approximate surface area is 99.0 Å². The van der Waals surface area contributed by atoms with Gasteiger partial charge in [-0.1, -0.05) is 24.0 Å². The fraction of sp³-hybridized carbons (Fsp3) is 0.154. The lowest BCUT2D eigenvalue weighted by atomic mass is 10.1. The Morgan fingerprint density at radius 3 is 2.35 bits per heavy atom. The van der Waals surface area contributed by atoms with Gasteiger partial charge in [0, 0.05) is 11.1 Å². The number of carbonyl (C=O) groups excluding carboxylic acids is 2. The molecule has 4 heteroatoms. The minimum Gasteiger partial charge on any atom is -0.369 e. The SMILES string of the molecule is N#CCC(=O)c1ccc(C#CCC(N)=O)cc1. The molecule has 17 heavy (non-hydrogen) atoms. The van der Waals surface area contributed by atoms with Crippen LogP contribution in [0, 0.1) is 23.2 Å². The number of nitriles is 1. The van der Waals surface area contributed by atoms with Crippen molar-refractivity contribution in [2.24, 2.45) is 5.73 Å². The number of hydrogen-bond donors (Lipinski definition) is 1. The first-order valence-corrected chi connectivity index (χ1v) is 4.91. The topological polar surface area (TPSA) is 83.9 Å². The van der Waals surface area contributed by atoms with Gasteiger partial charge in [-0.3, -0.25) is 9.59 Å². The molecule has 0 fully saturated rings. The maximum absolute atomic E-state index is 11.3. The number of nitrogens with two attached hydrogens (primary N) is 1. The highest BCUT2D eigenvalue weighted by molar-refractivity contribution is 5.97. The summed E-state index contributed by atoms with van der Waals surface area (Å²) in [6, 6.07) is 8.34. The molecule has 0 atom stereocenters. The van der Waals surface area contributed by atoms with E-state index in [0.29, 0.717) is 11.1 Å². The fourth-order valence-corrected chi connectivity index (χ4v) is 1.15. The van der Waals surface area contributed by atoms with E-state index in [0.717, 1.165) is 0 Å². The molecule has 0 spiro atoms. The van der Waals surface area contributed by atoms with Crippen molar-refractivity contribution in [1.29, 1.82) is 5.26 Å². The lowest BCUT2D eigenvalue weighted by molar-refractivity contribution is -0.117. The molecule has 0 aromatic heterocycles. The van der Waals surface area contributed by atoms with Crippen LogP contribution in [0.2, 0.25) is 0 Å². The van der Waals surface area contributed by atoms with Gasteiger partial charge in [0.1, 0.15) is 0 Å². The van der Waals surface area contributed by atoms with Gasteiger partial charge < -0.3 is 5.73 Å². The average molecular weight is 226 g/mol. The zero-order valence-electron chi connectivity index (χ0n) is 9.06. The van der Waals surface area contributed by atoms with Crippen LogP contribution in [0.1, 0.15) is 28.8 Å². The molecule has 0 radical (unpaired) electrons. The standard InChI is InChI=1S/C13H10N2O2/c14-9-8-12(16)11-6-4-10(5-7-11)2-1-3-13(15)17/h4-7H,3,8H2,(H2,15,17). The van der Waals surface area contributed by atoms with Crippen LogP contribution < -0.4 is 5.73 Å². The Kier molecular flexibility index (Phi) is 4.47. The summed E-state index contributed by atoms with van der Waals surface area (Å²) in [6.07, 6.45) is -0.123. The van der Waals surface area contributed by atoms with Gasteiger partial charge in [-0.05, 0) is 12.1 Å². The number of hydrogen-bond acceptors (Lipinski definition) is 3. The van der Waals surface area contributed by atoms with Crippen molar-refractivity contribution in [1.82, 2.24) is 0 Å². The summed E-state index contributed by atoms with van der Waals surface area (Å²) in [7, 11) is 0. The smallest absolute Gasteiger partial charge is 0.229 e. The molecule has 0 aliphatic rings. The second kappa shape index (κ2) is 6.09. The van der Waals surface area contributed by atoms with E-state index in [2.05, 4.69) is 11.8 Å². The minimum absolute atomic E-state index is 0.00904. The second-order valence-electron chi connectivity index (χ2n) is 3.28. The predicted octanol–water partition coefficient (Wildman–Crippen LogP) is 1.01. The fourth-order valence-electron chi connectivity index (χ4n) is 1.15. The van der Waals surface area contributed by atoms with Crippen molar-refractivity contribution >= 4 is 11.7 Å². The first-order chi connectivity index (χ1) is 8.13. The highest BCUT2D eigenvalue weighted by Gasteiger charge is 2.03. The highest BCUT2D eigenvalue weighted by atomic mass is 16.1. The van der Waals surface area contributed by atoms with Gasteiger partial charge in [-0.15, -0.1) is 0 Å². The predicted molar refractivity (Wildman–Crippen MR) is 61.7 cm³/mol. The molecule has 0 unspecified atom stereocenters. The first-order valence-electron chi connectivity index (χ1n) is 4.91. The van der Waals surface area contributed by atoms with Crippen molar-refractivity contribution in [2.45, 2.75) is 12.8 Å². The van der Waals surface area contributed by atoms with E-state index in [4.69, 9.17) is 11.0 Å². The van der Waals surface area contributed by atoms with Gasteiger partial charge in [0.25, 0.3) is 0 Å². The van der Waals surface area contributed by atoms with Gasteiger partial charge in [0.05, 0.1) is 18.9 Å². The largest absolute Gasteiger partial charge is 0.369 e. The third-order valence-electron chi connectivity index (χ3n) is 1.94. The van der Waals surface area contributed by atoms with Crippen LogP contribution in [-0.4, -0.2) is 11.7 Å². The number of amides is 1. The molecular formula is C13H10N2O2. The van der Waals surface area contributed by atoms with E-state index in [9.17, 15) is 9.59 Å². The monoisotopic (exact) mass is 226 g/mol. The van der Waals surface area contributed by atoms with E-state index in [1.54, 1.807) is 30.3 Å². The molecule has 0 saturated heterocycles. The lowest BCUT2D eigenvalue weighted by Crippen LogP contribution is -2.08. The summed E-state index contributed by atoms with van der Waals surface area (Å²) in [4.78, 5) is 21.8. The zero-order valence-corrected chi connectivity index (χ0v) is 9.06. The van der Waals surface area contributed by atoms with Gasteiger partial charge in [-0.25, -0.2) is 0 Å². The van der Waals surface area contributed by atoms with Gasteiger partial charge in [-0.2, -0.15) is 5.26 Å². The van der Waals surface area contributed by atoms with E-state index in [1.165, 1.54) is 0 Å². The van der Waals surface area contributed by atoms with Crippen LogP contribution in [0.3, 0.4) is 0 Å². The number of ketones is 1. The summed E-state index contributed by atoms with van der Waals surface area (Å²) in [6.45, 7) is 0. The molecule has 0 aliphatic heterocycles.